The quantitative estimate of drug-likeness (QED) is 0.331. The van der Waals surface area contributed by atoms with Gasteiger partial charge in [-0.1, -0.05) is 11.8 Å². The summed E-state index contributed by atoms with van der Waals surface area (Å²) in [6.07, 6.45) is 0. The fraction of sp³-hybridized carbons (Fsp3) is 0.0909. The van der Waals surface area contributed by atoms with E-state index >= 15 is 0 Å². The standard InChI is InChI=1S/C22H16FN5O3S2/c1-12-8-19-24-16(10-20(29)28(19)31-12)11-32-22-27-17-7-6-15(9-18(17)33-22)26-21(30)25-14-4-2-13(23)3-5-14/h2-10H,11H2,1H3,(H2,25,26,30). The number of thioether (sulfide) groups is 1. The van der Waals surface area contributed by atoms with E-state index in [1.54, 1.807) is 19.1 Å². The number of aryl methyl sites for hydroxylation is 1. The lowest BCUT2D eigenvalue weighted by Crippen LogP contribution is -2.19. The van der Waals surface area contributed by atoms with Crippen LogP contribution < -0.4 is 16.2 Å². The van der Waals surface area contributed by atoms with Gasteiger partial charge in [0.15, 0.2) is 9.99 Å². The second-order valence-electron chi connectivity index (χ2n) is 7.12. The van der Waals surface area contributed by atoms with Crippen LogP contribution in [0.25, 0.3) is 15.9 Å². The van der Waals surface area contributed by atoms with Gasteiger partial charge in [-0.05, 0) is 49.4 Å². The molecule has 0 atom stereocenters. The zero-order valence-electron chi connectivity index (χ0n) is 17.2. The summed E-state index contributed by atoms with van der Waals surface area (Å²) in [5.74, 6) is 0.734. The van der Waals surface area contributed by atoms with Crippen LogP contribution in [0.5, 0.6) is 0 Å². The Morgan fingerprint density at radius 1 is 1.09 bits per heavy atom. The van der Waals surface area contributed by atoms with Crippen LogP contribution >= 0.6 is 23.1 Å². The number of urea groups is 1. The lowest BCUT2D eigenvalue weighted by atomic mass is 10.3. The third kappa shape index (κ3) is 4.73. The molecule has 0 bridgehead atoms. The first kappa shape index (κ1) is 21.2. The average molecular weight is 482 g/mol. The molecule has 0 saturated carbocycles. The highest BCUT2D eigenvalue weighted by Gasteiger charge is 2.11. The van der Waals surface area contributed by atoms with Crippen molar-refractivity contribution < 1.29 is 13.7 Å². The van der Waals surface area contributed by atoms with E-state index in [9.17, 15) is 14.0 Å². The minimum Gasteiger partial charge on any atom is -0.375 e. The Morgan fingerprint density at radius 2 is 1.85 bits per heavy atom. The summed E-state index contributed by atoms with van der Waals surface area (Å²) in [4.78, 5) is 33.5. The van der Waals surface area contributed by atoms with Gasteiger partial charge in [0, 0.05) is 29.3 Å². The van der Waals surface area contributed by atoms with Crippen molar-refractivity contribution in [1.82, 2.24) is 14.5 Å². The molecule has 33 heavy (non-hydrogen) atoms. The molecule has 8 nitrogen and oxygen atoms in total. The zero-order valence-corrected chi connectivity index (χ0v) is 18.8. The van der Waals surface area contributed by atoms with Crippen molar-refractivity contribution in [2.75, 3.05) is 10.6 Å². The van der Waals surface area contributed by atoms with Gasteiger partial charge in [0.2, 0.25) is 0 Å². The molecule has 0 fully saturated rings. The maximum atomic E-state index is 13.0. The normalized spacial score (nSPS) is 11.2. The molecule has 0 aliphatic heterocycles. The number of halogens is 1. The Hall–Kier alpha value is -3.70. The fourth-order valence-corrected chi connectivity index (χ4v) is 5.15. The highest BCUT2D eigenvalue weighted by molar-refractivity contribution is 8.00. The Morgan fingerprint density at radius 3 is 2.67 bits per heavy atom. The molecule has 0 saturated heterocycles. The number of rotatable bonds is 5. The van der Waals surface area contributed by atoms with E-state index in [-0.39, 0.29) is 11.4 Å². The molecule has 2 amide bonds. The number of aromatic nitrogens is 3. The molecule has 5 aromatic rings. The van der Waals surface area contributed by atoms with Gasteiger partial charge in [0.05, 0.1) is 15.9 Å². The summed E-state index contributed by atoms with van der Waals surface area (Å²) in [6, 6.07) is 13.7. The van der Waals surface area contributed by atoms with Crippen LogP contribution in [0, 0.1) is 12.7 Å². The van der Waals surface area contributed by atoms with Crippen molar-refractivity contribution in [3.63, 3.8) is 0 Å². The van der Waals surface area contributed by atoms with Crippen LogP contribution in [0.4, 0.5) is 20.6 Å². The predicted octanol–water partition coefficient (Wildman–Crippen LogP) is 5.28. The zero-order chi connectivity index (χ0) is 22.9. The molecule has 166 valence electrons. The molecular weight excluding hydrogens is 465 g/mol. The van der Waals surface area contributed by atoms with E-state index < -0.39 is 6.03 Å². The van der Waals surface area contributed by atoms with Crippen molar-refractivity contribution in [3.05, 3.63) is 82.2 Å². The van der Waals surface area contributed by atoms with E-state index in [1.165, 1.54) is 58.0 Å². The maximum Gasteiger partial charge on any atom is 0.323 e. The van der Waals surface area contributed by atoms with Gasteiger partial charge in [-0.3, -0.25) is 4.79 Å². The van der Waals surface area contributed by atoms with E-state index in [0.717, 1.165) is 14.6 Å². The average Bonchev–Trinajstić information content (AvgIpc) is 3.36. The smallest absolute Gasteiger partial charge is 0.323 e. The molecule has 3 heterocycles. The monoisotopic (exact) mass is 481 g/mol. The van der Waals surface area contributed by atoms with Gasteiger partial charge in [0.25, 0.3) is 5.56 Å². The first-order valence-corrected chi connectivity index (χ1v) is 11.6. The Bertz CT molecular complexity index is 1540. The summed E-state index contributed by atoms with van der Waals surface area (Å²) in [7, 11) is 0. The third-order valence-corrected chi connectivity index (χ3v) is 6.79. The van der Waals surface area contributed by atoms with Crippen molar-refractivity contribution in [2.45, 2.75) is 17.0 Å². The van der Waals surface area contributed by atoms with E-state index in [4.69, 9.17) is 4.52 Å². The van der Waals surface area contributed by atoms with Crippen molar-refractivity contribution in [2.24, 2.45) is 0 Å². The van der Waals surface area contributed by atoms with E-state index in [1.807, 2.05) is 12.1 Å². The number of fused-ring (bicyclic) bond motifs is 2. The van der Waals surface area contributed by atoms with Crippen LogP contribution in [0.2, 0.25) is 0 Å². The molecule has 0 aliphatic carbocycles. The van der Waals surface area contributed by atoms with Gasteiger partial charge in [0.1, 0.15) is 11.6 Å². The highest BCUT2D eigenvalue weighted by atomic mass is 32.2. The third-order valence-electron chi connectivity index (χ3n) is 4.60. The number of hydrogen-bond acceptors (Lipinski definition) is 7. The van der Waals surface area contributed by atoms with Gasteiger partial charge in [-0.15, -0.1) is 15.9 Å². The lowest BCUT2D eigenvalue weighted by Gasteiger charge is -2.07. The summed E-state index contributed by atoms with van der Waals surface area (Å²) in [5.41, 5.74) is 2.77. The number of carbonyl (C=O) groups is 1. The molecule has 0 spiro atoms. The maximum absolute atomic E-state index is 13.0. The molecule has 5 rings (SSSR count). The van der Waals surface area contributed by atoms with Crippen LogP contribution in [-0.4, -0.2) is 20.6 Å². The highest BCUT2D eigenvalue weighted by Crippen LogP contribution is 2.32. The molecule has 0 unspecified atom stereocenters. The SMILES string of the molecule is Cc1cc2nc(CSc3nc4ccc(NC(=O)Nc5ccc(F)cc5)cc4s3)cc(=O)n2o1. The van der Waals surface area contributed by atoms with Crippen LogP contribution in [-0.2, 0) is 5.75 Å². The first-order valence-electron chi connectivity index (χ1n) is 9.79. The minimum absolute atomic E-state index is 0.261. The Kier molecular flexibility index (Phi) is 5.56. The number of amides is 2. The van der Waals surface area contributed by atoms with E-state index in [2.05, 4.69) is 20.6 Å². The van der Waals surface area contributed by atoms with Gasteiger partial charge in [-0.25, -0.2) is 19.2 Å². The van der Waals surface area contributed by atoms with Crippen LogP contribution in [0.15, 0.2) is 68.3 Å². The Labute approximate surface area is 194 Å². The molecule has 0 radical (unpaired) electrons. The molecule has 3 aromatic heterocycles. The number of benzene rings is 2. The van der Waals surface area contributed by atoms with Crippen LogP contribution in [0.1, 0.15) is 11.5 Å². The topological polar surface area (TPSA) is 102 Å². The molecule has 2 aromatic carbocycles. The van der Waals surface area contributed by atoms with Gasteiger partial charge in [-0.2, -0.15) is 0 Å². The number of nitrogens with zero attached hydrogens (tertiary/aromatic N) is 3. The summed E-state index contributed by atoms with van der Waals surface area (Å²) in [6.45, 7) is 1.76. The largest absolute Gasteiger partial charge is 0.375 e. The van der Waals surface area contributed by atoms with Gasteiger partial charge < -0.3 is 15.2 Å². The van der Waals surface area contributed by atoms with Crippen LogP contribution in [0.3, 0.4) is 0 Å². The summed E-state index contributed by atoms with van der Waals surface area (Å²) < 4.78 is 21.2. The number of hydrogen-bond donors (Lipinski definition) is 2. The second-order valence-corrected chi connectivity index (χ2v) is 9.37. The summed E-state index contributed by atoms with van der Waals surface area (Å²) in [5, 5.41) is 5.42. The van der Waals surface area contributed by atoms with Gasteiger partial charge >= 0.3 is 6.03 Å². The lowest BCUT2D eigenvalue weighted by molar-refractivity contribution is 0.262. The Balaban J connectivity index is 1.26. The molecule has 11 heteroatoms. The van der Waals surface area contributed by atoms with Crippen molar-refractivity contribution in [1.29, 1.82) is 0 Å². The first-order chi connectivity index (χ1) is 15.9. The number of nitrogens with one attached hydrogen (secondary N) is 2. The second kappa shape index (κ2) is 8.68. The minimum atomic E-state index is -0.428. The predicted molar refractivity (Wildman–Crippen MR) is 127 cm³/mol. The molecule has 0 aliphatic rings. The van der Waals surface area contributed by atoms with E-state index in [0.29, 0.717) is 34.2 Å². The number of thiazole rings is 1. The molecular formula is C22H16FN5O3S2. The fourth-order valence-electron chi connectivity index (χ4n) is 3.15. The summed E-state index contributed by atoms with van der Waals surface area (Å²) >= 11 is 2.97. The van der Waals surface area contributed by atoms with Crippen molar-refractivity contribution in [3.8, 4) is 0 Å². The van der Waals surface area contributed by atoms with Crippen molar-refractivity contribution >= 4 is 56.4 Å². The molecule has 2 N–H and O–H groups in total. The number of anilines is 2. The number of carbonyl (C=O) groups excluding carboxylic acids is 1.